The molecule has 1 aliphatic heterocycles. The van der Waals surface area contributed by atoms with Gasteiger partial charge in [-0.1, -0.05) is 35.9 Å². The summed E-state index contributed by atoms with van der Waals surface area (Å²) in [6, 6.07) is 14.4. The zero-order chi connectivity index (χ0) is 18.4. The zero-order valence-corrected chi connectivity index (χ0v) is 16.8. The molecule has 0 radical (unpaired) electrons. The highest BCUT2D eigenvalue weighted by Gasteiger charge is 2.14. The van der Waals surface area contributed by atoms with E-state index in [0.717, 1.165) is 60.9 Å². The molecule has 27 heavy (non-hydrogen) atoms. The number of hydrogen-bond donors (Lipinski definition) is 0. The summed E-state index contributed by atoms with van der Waals surface area (Å²) >= 11 is 0. The first-order valence-electron chi connectivity index (χ1n) is 9.18. The maximum atomic E-state index is 9.36. The molecule has 1 heterocycles. The number of morpholine rings is 1. The van der Waals surface area contributed by atoms with E-state index in [1.165, 1.54) is 5.56 Å². The third-order valence-electron chi connectivity index (χ3n) is 4.77. The van der Waals surface area contributed by atoms with Crippen molar-refractivity contribution >= 4 is 12.4 Å². The second-order valence-electron chi connectivity index (χ2n) is 6.82. The van der Waals surface area contributed by atoms with Crippen molar-refractivity contribution in [3.8, 4) is 11.8 Å². The molecule has 0 saturated carbocycles. The summed E-state index contributed by atoms with van der Waals surface area (Å²) in [5.41, 5.74) is 5.28. The fraction of sp³-hybridized carbons (Fsp3) is 0.409. The summed E-state index contributed by atoms with van der Waals surface area (Å²) in [5.74, 6) is 0.955. The maximum Gasteiger partial charge on any atom is 0.125 e. The Labute approximate surface area is 168 Å². The van der Waals surface area contributed by atoms with E-state index in [9.17, 15) is 5.26 Å². The highest BCUT2D eigenvalue weighted by Crippen LogP contribution is 2.28. The van der Waals surface area contributed by atoms with Crippen molar-refractivity contribution in [2.75, 3.05) is 39.5 Å². The van der Waals surface area contributed by atoms with Gasteiger partial charge < -0.3 is 9.47 Å². The van der Waals surface area contributed by atoms with Crippen LogP contribution in [0.4, 0.5) is 0 Å². The molecule has 3 rings (SSSR count). The van der Waals surface area contributed by atoms with Crippen molar-refractivity contribution in [1.82, 2.24) is 4.90 Å². The van der Waals surface area contributed by atoms with Crippen LogP contribution < -0.4 is 4.74 Å². The molecule has 0 aliphatic carbocycles. The minimum absolute atomic E-state index is 0. The highest BCUT2D eigenvalue weighted by molar-refractivity contribution is 5.85. The third kappa shape index (κ3) is 5.71. The Balaban J connectivity index is 0.00000261. The molecule has 2 aromatic carbocycles. The number of ether oxygens (including phenoxy) is 2. The lowest BCUT2D eigenvalue weighted by molar-refractivity contribution is 0.0321. The quantitative estimate of drug-likeness (QED) is 0.755. The second kappa shape index (κ2) is 10.3. The van der Waals surface area contributed by atoms with Gasteiger partial charge in [0.25, 0.3) is 0 Å². The van der Waals surface area contributed by atoms with Crippen LogP contribution in [0.15, 0.2) is 36.4 Å². The van der Waals surface area contributed by atoms with Crippen LogP contribution in [0.3, 0.4) is 0 Å². The standard InChI is InChI=1S/C22H26N2O2.ClH/c1-17-13-18(2)22(26-12-9-24-7-10-25-11-8-24)21(14-17)15-19-5-3-4-6-20(19)16-23;/h3-6,13-14H,7-12,15H2,1-2H3;1H. The van der Waals surface area contributed by atoms with E-state index in [1.54, 1.807) is 0 Å². The van der Waals surface area contributed by atoms with Crippen LogP contribution in [-0.4, -0.2) is 44.4 Å². The van der Waals surface area contributed by atoms with Crippen LogP contribution in [0.2, 0.25) is 0 Å². The molecule has 2 aromatic rings. The molecule has 144 valence electrons. The number of hydrogen-bond acceptors (Lipinski definition) is 4. The second-order valence-corrected chi connectivity index (χ2v) is 6.82. The molecule has 1 fully saturated rings. The van der Waals surface area contributed by atoms with Gasteiger partial charge in [0.05, 0.1) is 24.8 Å². The van der Waals surface area contributed by atoms with Crippen molar-refractivity contribution < 1.29 is 9.47 Å². The van der Waals surface area contributed by atoms with Gasteiger partial charge in [-0.25, -0.2) is 0 Å². The van der Waals surface area contributed by atoms with E-state index in [4.69, 9.17) is 9.47 Å². The number of benzene rings is 2. The molecule has 4 nitrogen and oxygen atoms in total. The molecule has 0 unspecified atom stereocenters. The number of rotatable bonds is 6. The van der Waals surface area contributed by atoms with Crippen LogP contribution in [0, 0.1) is 25.2 Å². The normalized spacial score (nSPS) is 14.3. The van der Waals surface area contributed by atoms with Crippen LogP contribution in [0.1, 0.15) is 27.8 Å². The van der Waals surface area contributed by atoms with Gasteiger partial charge in [0.2, 0.25) is 0 Å². The minimum atomic E-state index is 0. The van der Waals surface area contributed by atoms with Crippen molar-refractivity contribution in [1.29, 1.82) is 5.26 Å². The lowest BCUT2D eigenvalue weighted by atomic mass is 9.96. The van der Waals surface area contributed by atoms with Crippen molar-refractivity contribution in [2.24, 2.45) is 0 Å². The molecule has 0 N–H and O–H groups in total. The fourth-order valence-corrected chi connectivity index (χ4v) is 3.47. The maximum absolute atomic E-state index is 9.36. The molecular weight excluding hydrogens is 360 g/mol. The van der Waals surface area contributed by atoms with Gasteiger partial charge in [-0.15, -0.1) is 12.4 Å². The van der Waals surface area contributed by atoms with Gasteiger partial charge in [0.1, 0.15) is 12.4 Å². The first-order valence-corrected chi connectivity index (χ1v) is 9.18. The largest absolute Gasteiger partial charge is 0.492 e. The van der Waals surface area contributed by atoms with Gasteiger partial charge in [0.15, 0.2) is 0 Å². The van der Waals surface area contributed by atoms with Gasteiger partial charge in [-0.2, -0.15) is 5.26 Å². The SMILES string of the molecule is Cc1cc(C)c(OCCN2CCOCC2)c(Cc2ccccc2C#N)c1.Cl. The molecule has 1 aliphatic rings. The predicted octanol–water partition coefficient (Wildman–Crippen LogP) is 3.90. The minimum Gasteiger partial charge on any atom is -0.492 e. The van der Waals surface area contributed by atoms with E-state index in [2.05, 4.69) is 36.9 Å². The van der Waals surface area contributed by atoms with E-state index in [-0.39, 0.29) is 12.4 Å². The van der Waals surface area contributed by atoms with Gasteiger partial charge in [-0.05, 0) is 36.6 Å². The monoisotopic (exact) mass is 386 g/mol. The lowest BCUT2D eigenvalue weighted by Gasteiger charge is -2.26. The van der Waals surface area contributed by atoms with E-state index in [0.29, 0.717) is 13.0 Å². The van der Waals surface area contributed by atoms with Gasteiger partial charge in [-0.3, -0.25) is 4.90 Å². The van der Waals surface area contributed by atoms with Crippen LogP contribution in [0.5, 0.6) is 5.75 Å². The Morgan fingerprint density at radius 2 is 1.85 bits per heavy atom. The van der Waals surface area contributed by atoms with Crippen molar-refractivity contribution in [3.05, 3.63) is 64.2 Å². The summed E-state index contributed by atoms with van der Waals surface area (Å²) in [6.45, 7) is 9.32. The fourth-order valence-electron chi connectivity index (χ4n) is 3.47. The Bertz CT molecular complexity index is 795. The highest BCUT2D eigenvalue weighted by atomic mass is 35.5. The molecule has 0 bridgehead atoms. The van der Waals surface area contributed by atoms with E-state index >= 15 is 0 Å². The molecule has 0 atom stereocenters. The van der Waals surface area contributed by atoms with Gasteiger partial charge in [0, 0.05) is 26.1 Å². The first kappa shape index (κ1) is 21.2. The van der Waals surface area contributed by atoms with E-state index in [1.807, 2.05) is 24.3 Å². The number of nitrogens with zero attached hydrogens (tertiary/aromatic N) is 2. The molecular formula is C22H27ClN2O2. The summed E-state index contributed by atoms with van der Waals surface area (Å²) in [5, 5.41) is 9.36. The Kier molecular flexibility index (Phi) is 8.12. The van der Waals surface area contributed by atoms with Crippen molar-refractivity contribution in [2.45, 2.75) is 20.3 Å². The molecule has 0 spiro atoms. The molecule has 1 saturated heterocycles. The van der Waals surface area contributed by atoms with E-state index < -0.39 is 0 Å². The lowest BCUT2D eigenvalue weighted by Crippen LogP contribution is -2.38. The summed E-state index contributed by atoms with van der Waals surface area (Å²) < 4.78 is 11.6. The van der Waals surface area contributed by atoms with Crippen LogP contribution >= 0.6 is 12.4 Å². The Morgan fingerprint density at radius 3 is 2.59 bits per heavy atom. The number of halogens is 1. The molecule has 0 aromatic heterocycles. The Morgan fingerprint density at radius 1 is 1.11 bits per heavy atom. The average Bonchev–Trinajstić information content (AvgIpc) is 2.65. The molecule has 0 amide bonds. The first-order chi connectivity index (χ1) is 12.7. The topological polar surface area (TPSA) is 45.5 Å². The Hall–Kier alpha value is -2.06. The average molecular weight is 387 g/mol. The summed E-state index contributed by atoms with van der Waals surface area (Å²) in [7, 11) is 0. The summed E-state index contributed by atoms with van der Waals surface area (Å²) in [4.78, 5) is 2.37. The van der Waals surface area contributed by atoms with Crippen LogP contribution in [-0.2, 0) is 11.2 Å². The predicted molar refractivity (Wildman–Crippen MR) is 110 cm³/mol. The number of nitriles is 1. The molecule has 5 heteroatoms. The zero-order valence-electron chi connectivity index (χ0n) is 16.0. The van der Waals surface area contributed by atoms with Crippen LogP contribution in [0.25, 0.3) is 0 Å². The smallest absolute Gasteiger partial charge is 0.125 e. The van der Waals surface area contributed by atoms with Gasteiger partial charge >= 0.3 is 0 Å². The number of aryl methyl sites for hydroxylation is 2. The third-order valence-corrected chi connectivity index (χ3v) is 4.77. The van der Waals surface area contributed by atoms with Crippen molar-refractivity contribution in [3.63, 3.8) is 0 Å². The summed E-state index contributed by atoms with van der Waals surface area (Å²) in [6.07, 6.45) is 0.707.